The summed E-state index contributed by atoms with van der Waals surface area (Å²) in [5.74, 6) is -0.0886. The molecule has 1 N–H and O–H groups in total. The van der Waals surface area contributed by atoms with Crippen LogP contribution in [0, 0.1) is 17.8 Å². The molecule has 3 atom stereocenters. The van der Waals surface area contributed by atoms with Crippen LogP contribution in [0.4, 0.5) is 8.78 Å². The molecule has 1 aromatic rings. The van der Waals surface area contributed by atoms with Gasteiger partial charge in [0.1, 0.15) is 5.83 Å². The normalized spacial score (nSPS) is 31.2. The molecule has 0 radical (unpaired) electrons. The molecule has 1 aliphatic heterocycles. The molecule has 4 rings (SSSR count). The maximum absolute atomic E-state index is 13.3. The highest BCUT2D eigenvalue weighted by molar-refractivity contribution is 5.20. The van der Waals surface area contributed by atoms with Crippen molar-refractivity contribution in [2.24, 2.45) is 11.8 Å². The average molecular weight is 362 g/mol. The van der Waals surface area contributed by atoms with E-state index in [-0.39, 0.29) is 18.0 Å². The zero-order valence-corrected chi connectivity index (χ0v) is 14.7. The van der Waals surface area contributed by atoms with Crippen molar-refractivity contribution in [2.75, 3.05) is 19.6 Å². The average Bonchev–Trinajstić information content (AvgIpc) is 3.16. The van der Waals surface area contributed by atoms with E-state index in [9.17, 15) is 13.9 Å². The first-order valence-electron chi connectivity index (χ1n) is 9.33. The predicted molar refractivity (Wildman–Crippen MR) is 93.8 cm³/mol. The van der Waals surface area contributed by atoms with Gasteiger partial charge in [0.2, 0.25) is 0 Å². The Kier molecular flexibility index (Phi) is 5.05. The van der Waals surface area contributed by atoms with E-state index in [2.05, 4.69) is 9.88 Å². The fourth-order valence-electron chi connectivity index (χ4n) is 4.43. The third-order valence-corrected chi connectivity index (χ3v) is 5.74. The number of aromatic nitrogens is 1. The molecule has 4 nitrogen and oxygen atoms in total. The highest BCUT2D eigenvalue weighted by Gasteiger charge is 2.41. The fraction of sp³-hybridized carbons (Fsp3) is 0.550. The lowest BCUT2D eigenvalue weighted by Gasteiger charge is -2.22. The van der Waals surface area contributed by atoms with E-state index in [0.29, 0.717) is 30.4 Å². The zero-order chi connectivity index (χ0) is 18.1. The molecule has 0 spiro atoms. The number of aromatic hydroxyl groups is 1. The standard InChI is InChI=1S/C20H24F2N2O2/c21-15-1-4-17(5-2-15)26-18-9-13-11-24(12-14(13)10-18)8-7-16-3-6-19(25)20(22)23-16/h1-4,6,13-14,17-18,25H,5,7-12H2. The number of pyridine rings is 1. The summed E-state index contributed by atoms with van der Waals surface area (Å²) in [6, 6.07) is 3.03. The van der Waals surface area contributed by atoms with Crippen LogP contribution in [-0.4, -0.2) is 46.8 Å². The van der Waals surface area contributed by atoms with Crippen molar-refractivity contribution in [2.45, 2.75) is 37.9 Å². The number of nitrogens with zero attached hydrogens (tertiary/aromatic N) is 2. The third-order valence-electron chi connectivity index (χ3n) is 5.74. The van der Waals surface area contributed by atoms with E-state index in [1.54, 1.807) is 12.1 Å². The van der Waals surface area contributed by atoms with Crippen molar-refractivity contribution in [1.29, 1.82) is 0 Å². The lowest BCUT2D eigenvalue weighted by molar-refractivity contribution is 0.0119. The molecule has 1 saturated carbocycles. The number of hydrogen-bond acceptors (Lipinski definition) is 4. The lowest BCUT2D eigenvalue weighted by atomic mass is 10.0. The fourth-order valence-corrected chi connectivity index (χ4v) is 4.43. The van der Waals surface area contributed by atoms with Gasteiger partial charge in [0, 0.05) is 31.7 Å². The van der Waals surface area contributed by atoms with Gasteiger partial charge in [-0.3, -0.25) is 0 Å². The van der Waals surface area contributed by atoms with Crippen LogP contribution in [0.1, 0.15) is 25.0 Å². The molecular weight excluding hydrogens is 338 g/mol. The van der Waals surface area contributed by atoms with Crippen molar-refractivity contribution < 1.29 is 18.6 Å². The summed E-state index contributed by atoms with van der Waals surface area (Å²) in [6.07, 6.45) is 8.59. The molecule has 3 unspecified atom stereocenters. The van der Waals surface area contributed by atoms with Crippen molar-refractivity contribution >= 4 is 0 Å². The summed E-state index contributed by atoms with van der Waals surface area (Å²) >= 11 is 0. The zero-order valence-electron chi connectivity index (χ0n) is 14.7. The van der Waals surface area contributed by atoms with Crippen LogP contribution >= 0.6 is 0 Å². The first kappa shape index (κ1) is 17.6. The van der Waals surface area contributed by atoms with Crippen LogP contribution in [0.25, 0.3) is 0 Å². The van der Waals surface area contributed by atoms with Crippen molar-refractivity contribution in [3.05, 3.63) is 47.8 Å². The summed E-state index contributed by atoms with van der Waals surface area (Å²) in [5, 5.41) is 9.20. The summed E-state index contributed by atoms with van der Waals surface area (Å²) in [6.45, 7) is 2.94. The number of likely N-dealkylation sites (tertiary alicyclic amines) is 1. The number of halogens is 2. The molecule has 2 aliphatic carbocycles. The maximum atomic E-state index is 13.3. The number of rotatable bonds is 5. The van der Waals surface area contributed by atoms with Gasteiger partial charge in [0.05, 0.1) is 12.2 Å². The third kappa shape index (κ3) is 3.96. The highest BCUT2D eigenvalue weighted by Crippen LogP contribution is 2.40. The van der Waals surface area contributed by atoms with Crippen LogP contribution in [0.2, 0.25) is 0 Å². The Balaban J connectivity index is 1.22. The second-order valence-electron chi connectivity index (χ2n) is 7.59. The van der Waals surface area contributed by atoms with E-state index in [4.69, 9.17) is 4.74 Å². The second kappa shape index (κ2) is 7.45. The van der Waals surface area contributed by atoms with E-state index < -0.39 is 11.7 Å². The summed E-state index contributed by atoms with van der Waals surface area (Å²) in [7, 11) is 0. The van der Waals surface area contributed by atoms with Gasteiger partial charge >= 0.3 is 0 Å². The molecule has 26 heavy (non-hydrogen) atoms. The molecule has 2 fully saturated rings. The van der Waals surface area contributed by atoms with Crippen LogP contribution in [0.15, 0.2) is 36.2 Å². The minimum Gasteiger partial charge on any atom is -0.504 e. The summed E-state index contributed by atoms with van der Waals surface area (Å²) in [4.78, 5) is 6.20. The molecule has 3 aliphatic rings. The summed E-state index contributed by atoms with van der Waals surface area (Å²) < 4.78 is 32.5. The molecule has 2 heterocycles. The van der Waals surface area contributed by atoms with Crippen LogP contribution in [-0.2, 0) is 11.2 Å². The predicted octanol–water partition coefficient (Wildman–Crippen LogP) is 3.38. The topological polar surface area (TPSA) is 45.6 Å². The quantitative estimate of drug-likeness (QED) is 0.816. The van der Waals surface area contributed by atoms with Gasteiger partial charge < -0.3 is 14.7 Å². The van der Waals surface area contributed by atoms with Gasteiger partial charge in [-0.2, -0.15) is 4.39 Å². The summed E-state index contributed by atoms with van der Waals surface area (Å²) in [5.41, 5.74) is 0.669. The van der Waals surface area contributed by atoms with Gasteiger partial charge in [0.25, 0.3) is 5.95 Å². The Morgan fingerprint density at radius 1 is 1.19 bits per heavy atom. The van der Waals surface area contributed by atoms with Crippen LogP contribution in [0.5, 0.6) is 5.75 Å². The lowest BCUT2D eigenvalue weighted by Crippen LogP contribution is -2.27. The Hall–Kier alpha value is -1.79. The molecule has 140 valence electrons. The minimum atomic E-state index is -0.799. The van der Waals surface area contributed by atoms with Gasteiger partial charge in [0.15, 0.2) is 5.75 Å². The Morgan fingerprint density at radius 2 is 1.96 bits per heavy atom. The van der Waals surface area contributed by atoms with E-state index in [1.807, 2.05) is 6.08 Å². The second-order valence-corrected chi connectivity index (χ2v) is 7.59. The largest absolute Gasteiger partial charge is 0.504 e. The van der Waals surface area contributed by atoms with Crippen molar-refractivity contribution in [3.8, 4) is 5.75 Å². The first-order chi connectivity index (χ1) is 12.6. The first-order valence-corrected chi connectivity index (χ1v) is 9.33. The number of fused-ring (bicyclic) bond motifs is 1. The van der Waals surface area contributed by atoms with Gasteiger partial charge in [-0.25, -0.2) is 9.37 Å². The molecule has 6 heteroatoms. The molecule has 1 saturated heterocycles. The monoisotopic (exact) mass is 362 g/mol. The SMILES string of the molecule is Oc1ccc(CCN2CC3CC(OC4C=CC(F)=CC4)CC3C2)nc1F. The number of allylic oxidation sites excluding steroid dienone is 2. The molecular formula is C20H24F2N2O2. The van der Waals surface area contributed by atoms with Crippen molar-refractivity contribution in [3.63, 3.8) is 0 Å². The maximum Gasteiger partial charge on any atom is 0.255 e. The van der Waals surface area contributed by atoms with E-state index in [1.165, 1.54) is 12.1 Å². The van der Waals surface area contributed by atoms with Gasteiger partial charge in [-0.05, 0) is 55.4 Å². The van der Waals surface area contributed by atoms with Crippen LogP contribution < -0.4 is 0 Å². The number of hydrogen-bond donors (Lipinski definition) is 1. The van der Waals surface area contributed by atoms with Gasteiger partial charge in [-0.1, -0.05) is 6.08 Å². The van der Waals surface area contributed by atoms with E-state index >= 15 is 0 Å². The Morgan fingerprint density at radius 3 is 2.62 bits per heavy atom. The van der Waals surface area contributed by atoms with Crippen molar-refractivity contribution in [1.82, 2.24) is 9.88 Å². The Labute approximate surface area is 152 Å². The van der Waals surface area contributed by atoms with E-state index in [0.717, 1.165) is 32.5 Å². The minimum absolute atomic E-state index is 0.00453. The molecule has 0 bridgehead atoms. The smallest absolute Gasteiger partial charge is 0.255 e. The molecule has 0 amide bonds. The number of ether oxygens (including phenoxy) is 1. The molecule has 0 aromatic carbocycles. The van der Waals surface area contributed by atoms with Gasteiger partial charge in [-0.15, -0.1) is 0 Å². The van der Waals surface area contributed by atoms with Crippen LogP contribution in [0.3, 0.4) is 0 Å². The Bertz CT molecular complexity index is 708. The highest BCUT2D eigenvalue weighted by atomic mass is 19.1. The molecule has 1 aromatic heterocycles.